The number of benzene rings is 1. The summed E-state index contributed by atoms with van der Waals surface area (Å²) in [4.78, 5) is 39.0. The van der Waals surface area contributed by atoms with Gasteiger partial charge in [-0.2, -0.15) is 11.8 Å². The molecule has 2 N–H and O–H groups in total. The van der Waals surface area contributed by atoms with Gasteiger partial charge in [-0.05, 0) is 57.3 Å². The van der Waals surface area contributed by atoms with Gasteiger partial charge in [0.25, 0.3) is 0 Å². The third-order valence-electron chi connectivity index (χ3n) is 5.39. The molecule has 0 spiro atoms. The molecule has 31 heavy (non-hydrogen) atoms. The molecule has 0 radical (unpaired) electrons. The van der Waals surface area contributed by atoms with E-state index in [-0.39, 0.29) is 12.5 Å². The predicted molar refractivity (Wildman–Crippen MR) is 122 cm³/mol. The van der Waals surface area contributed by atoms with Gasteiger partial charge in [0.05, 0.1) is 12.6 Å². The summed E-state index contributed by atoms with van der Waals surface area (Å²) in [6.45, 7) is 4.09. The lowest BCUT2D eigenvalue weighted by atomic mass is 10.0. The van der Waals surface area contributed by atoms with Crippen LogP contribution in [0.15, 0.2) is 30.3 Å². The number of rotatable bonds is 9. The van der Waals surface area contributed by atoms with Gasteiger partial charge in [0.1, 0.15) is 12.1 Å². The second-order valence-corrected chi connectivity index (χ2v) is 8.94. The van der Waals surface area contributed by atoms with E-state index >= 15 is 0 Å². The van der Waals surface area contributed by atoms with E-state index in [4.69, 9.17) is 4.74 Å². The molecule has 0 aromatic heterocycles. The van der Waals surface area contributed by atoms with Gasteiger partial charge in [-0.1, -0.05) is 30.3 Å². The molecule has 0 bridgehead atoms. The van der Waals surface area contributed by atoms with Crippen LogP contribution in [0.5, 0.6) is 0 Å². The Labute approximate surface area is 188 Å². The van der Waals surface area contributed by atoms with Gasteiger partial charge in [-0.25, -0.2) is 4.79 Å². The minimum Gasteiger partial charge on any atom is -0.480 e. The van der Waals surface area contributed by atoms with Crippen molar-refractivity contribution < 1.29 is 24.2 Å². The van der Waals surface area contributed by atoms with Crippen LogP contribution in [0.4, 0.5) is 0 Å². The minimum atomic E-state index is -0.974. The summed E-state index contributed by atoms with van der Waals surface area (Å²) in [7, 11) is 0. The van der Waals surface area contributed by atoms with Crippen molar-refractivity contribution in [3.8, 4) is 0 Å². The van der Waals surface area contributed by atoms with Crippen LogP contribution in [0.1, 0.15) is 45.1 Å². The molecule has 2 rings (SSSR count). The van der Waals surface area contributed by atoms with E-state index in [1.165, 1.54) is 4.90 Å². The number of carboxylic acids is 1. The number of ether oxygens (including phenoxy) is 1. The fourth-order valence-corrected chi connectivity index (χ4v) is 4.67. The van der Waals surface area contributed by atoms with E-state index in [1.807, 2.05) is 30.3 Å². The maximum absolute atomic E-state index is 13.2. The number of hydrogen-bond donors (Lipinski definition) is 2. The van der Waals surface area contributed by atoms with E-state index in [9.17, 15) is 19.5 Å². The summed E-state index contributed by atoms with van der Waals surface area (Å²) in [5.74, 6) is 0.0275. The highest BCUT2D eigenvalue weighted by atomic mass is 32.2. The number of nitrogens with one attached hydrogen (secondary N) is 1. The first-order chi connectivity index (χ1) is 14.9. The number of amides is 1. The van der Waals surface area contributed by atoms with Crippen molar-refractivity contribution in [1.82, 2.24) is 10.2 Å². The predicted octanol–water partition coefficient (Wildman–Crippen LogP) is 2.73. The third-order valence-corrected chi connectivity index (χ3v) is 6.44. The lowest BCUT2D eigenvalue weighted by molar-refractivity contribution is -0.152. The highest BCUT2D eigenvalue weighted by Crippen LogP contribution is 2.18. The Bertz CT molecular complexity index is 715. The lowest BCUT2D eigenvalue weighted by Crippen LogP contribution is -2.55. The first kappa shape index (κ1) is 25.2. The summed E-state index contributed by atoms with van der Waals surface area (Å²) in [6, 6.07) is 7.65. The maximum Gasteiger partial charge on any atom is 0.326 e. The molecular formula is C23H34N2O5S. The molecule has 1 aromatic carbocycles. The number of nitrogens with zero attached hydrogens (tertiary/aromatic N) is 1. The third kappa shape index (κ3) is 8.18. The average molecular weight is 451 g/mol. The number of carbonyl (C=O) groups is 3. The smallest absolute Gasteiger partial charge is 0.326 e. The molecule has 172 valence electrons. The Morgan fingerprint density at radius 3 is 2.65 bits per heavy atom. The molecule has 1 fully saturated rings. The van der Waals surface area contributed by atoms with Gasteiger partial charge in [0.2, 0.25) is 5.91 Å². The summed E-state index contributed by atoms with van der Waals surface area (Å²) >= 11 is 1.74. The molecule has 0 saturated carbocycles. The summed E-state index contributed by atoms with van der Waals surface area (Å²) in [6.07, 6.45) is 3.32. The number of aliphatic carboxylic acids is 1. The number of carbonyl (C=O) groups excluding carboxylic acids is 2. The van der Waals surface area contributed by atoms with E-state index in [1.54, 1.807) is 25.6 Å². The number of esters is 1. The molecule has 1 saturated heterocycles. The van der Waals surface area contributed by atoms with Crippen molar-refractivity contribution in [2.75, 3.05) is 24.7 Å². The molecule has 1 heterocycles. The summed E-state index contributed by atoms with van der Waals surface area (Å²) in [5, 5.41) is 12.8. The quantitative estimate of drug-likeness (QED) is 0.559. The lowest BCUT2D eigenvalue weighted by Gasteiger charge is -2.32. The van der Waals surface area contributed by atoms with Crippen LogP contribution in [0, 0.1) is 0 Å². The monoisotopic (exact) mass is 450 g/mol. The fourth-order valence-electron chi connectivity index (χ4n) is 3.73. The summed E-state index contributed by atoms with van der Waals surface area (Å²) in [5.41, 5.74) is 1.10. The van der Waals surface area contributed by atoms with Crippen LogP contribution in [-0.2, 0) is 25.5 Å². The zero-order valence-corrected chi connectivity index (χ0v) is 19.2. The molecule has 0 aliphatic carbocycles. The Balaban J connectivity index is 2.09. The number of carboxylic acid groups (broad SMARTS) is 1. The van der Waals surface area contributed by atoms with Gasteiger partial charge in [0, 0.05) is 12.3 Å². The van der Waals surface area contributed by atoms with Crippen molar-refractivity contribution in [3.63, 3.8) is 0 Å². The second-order valence-electron chi connectivity index (χ2n) is 7.71. The minimum absolute atomic E-state index is 0.259. The molecule has 1 amide bonds. The van der Waals surface area contributed by atoms with Crippen LogP contribution in [0.25, 0.3) is 0 Å². The molecule has 1 aliphatic heterocycles. The first-order valence-electron chi connectivity index (χ1n) is 11.0. The zero-order valence-electron chi connectivity index (χ0n) is 18.4. The number of aryl methyl sites for hydroxylation is 1. The molecule has 8 heteroatoms. The Morgan fingerprint density at radius 1 is 1.23 bits per heavy atom. The van der Waals surface area contributed by atoms with E-state index in [2.05, 4.69) is 5.32 Å². The van der Waals surface area contributed by atoms with Crippen molar-refractivity contribution in [2.24, 2.45) is 0 Å². The van der Waals surface area contributed by atoms with Gasteiger partial charge in [-0.15, -0.1) is 0 Å². The standard InChI is InChI=1S/C23H34N2O5S/c1-3-30-23(29)19(13-12-18-9-5-4-6-10-18)24-17(2)21(26)25-14-16-31-15-8-7-11-20(25)22(27)28/h4-6,9-10,17,19-20,24H,3,7-8,11-16H2,1-2H3,(H,27,28)/t17?,19-,20-/m0/s1. The van der Waals surface area contributed by atoms with Crippen molar-refractivity contribution in [2.45, 2.75) is 64.1 Å². The highest BCUT2D eigenvalue weighted by molar-refractivity contribution is 7.99. The summed E-state index contributed by atoms with van der Waals surface area (Å²) < 4.78 is 5.21. The SMILES string of the molecule is CCOC(=O)[C@H](CCc1ccccc1)NC(C)C(=O)N1CCSCCCC[C@H]1C(=O)O. The van der Waals surface area contributed by atoms with Crippen LogP contribution >= 0.6 is 11.8 Å². The molecule has 1 aromatic rings. The van der Waals surface area contributed by atoms with Crippen LogP contribution in [0.2, 0.25) is 0 Å². The van der Waals surface area contributed by atoms with E-state index in [0.717, 1.165) is 24.2 Å². The number of hydrogen-bond acceptors (Lipinski definition) is 6. The van der Waals surface area contributed by atoms with Gasteiger partial charge < -0.3 is 14.7 Å². The molecule has 1 aliphatic rings. The topological polar surface area (TPSA) is 95.9 Å². The highest BCUT2D eigenvalue weighted by Gasteiger charge is 2.34. The van der Waals surface area contributed by atoms with Crippen molar-refractivity contribution in [1.29, 1.82) is 0 Å². The molecule has 7 nitrogen and oxygen atoms in total. The normalized spacial score (nSPS) is 19.4. The molecular weight excluding hydrogens is 416 g/mol. The first-order valence-corrected chi connectivity index (χ1v) is 12.2. The second kappa shape index (κ2) is 13.4. The largest absolute Gasteiger partial charge is 0.480 e. The van der Waals surface area contributed by atoms with Gasteiger partial charge >= 0.3 is 11.9 Å². The fraction of sp³-hybridized carbons (Fsp3) is 0.609. The number of thioether (sulfide) groups is 1. The molecule has 1 unspecified atom stereocenters. The zero-order chi connectivity index (χ0) is 22.6. The maximum atomic E-state index is 13.2. The van der Waals surface area contributed by atoms with Crippen molar-refractivity contribution >= 4 is 29.6 Å². The van der Waals surface area contributed by atoms with Crippen molar-refractivity contribution in [3.05, 3.63) is 35.9 Å². The van der Waals surface area contributed by atoms with Crippen LogP contribution in [-0.4, -0.2) is 70.6 Å². The Hall–Kier alpha value is -2.06. The molecule has 3 atom stereocenters. The Kier molecular flexibility index (Phi) is 10.9. The Morgan fingerprint density at radius 2 is 1.97 bits per heavy atom. The van der Waals surface area contributed by atoms with Gasteiger partial charge in [-0.3, -0.25) is 14.9 Å². The average Bonchev–Trinajstić information content (AvgIpc) is 2.88. The van der Waals surface area contributed by atoms with Crippen LogP contribution in [0.3, 0.4) is 0 Å². The van der Waals surface area contributed by atoms with Gasteiger partial charge in [0.15, 0.2) is 0 Å². The van der Waals surface area contributed by atoms with E-state index < -0.39 is 30.1 Å². The van der Waals surface area contributed by atoms with E-state index in [0.29, 0.717) is 31.6 Å². The van der Waals surface area contributed by atoms with Crippen LogP contribution < -0.4 is 5.32 Å².